The Balaban J connectivity index is 2.28. The molecular weight excluding hydrogens is 456 g/mol. The molecule has 7 heteroatoms. The Morgan fingerprint density at radius 3 is 2.60 bits per heavy atom. The number of anilines is 1. The highest BCUT2D eigenvalue weighted by Gasteiger charge is 2.12. The van der Waals surface area contributed by atoms with Crippen molar-refractivity contribution < 1.29 is 9.53 Å². The van der Waals surface area contributed by atoms with E-state index in [4.69, 9.17) is 4.74 Å². The van der Waals surface area contributed by atoms with Crippen LogP contribution in [0.4, 0.5) is 5.69 Å². The fourth-order valence-electron chi connectivity index (χ4n) is 1.50. The van der Waals surface area contributed by atoms with Crippen molar-refractivity contribution in [2.24, 2.45) is 0 Å². The van der Waals surface area contributed by atoms with Crippen molar-refractivity contribution in [2.45, 2.75) is 0 Å². The van der Waals surface area contributed by atoms with Gasteiger partial charge in [-0.25, -0.2) is 4.98 Å². The quantitative estimate of drug-likeness (QED) is 0.674. The number of amides is 1. The highest BCUT2D eigenvalue weighted by Crippen LogP contribution is 2.34. The molecular formula is C13H9Br3N2O2. The highest BCUT2D eigenvalue weighted by atomic mass is 79.9. The first-order chi connectivity index (χ1) is 9.51. The number of carbonyl (C=O) groups excluding carboxylic acids is 1. The molecule has 2 rings (SSSR count). The number of hydrogen-bond acceptors (Lipinski definition) is 3. The van der Waals surface area contributed by atoms with Crippen molar-refractivity contribution in [1.29, 1.82) is 0 Å². The minimum Gasteiger partial charge on any atom is -0.495 e. The van der Waals surface area contributed by atoms with E-state index in [1.54, 1.807) is 31.4 Å². The summed E-state index contributed by atoms with van der Waals surface area (Å²) in [6.45, 7) is 0. The lowest BCUT2D eigenvalue weighted by atomic mass is 10.2. The minimum absolute atomic E-state index is 0.295. The van der Waals surface area contributed by atoms with Gasteiger partial charge in [0.25, 0.3) is 5.91 Å². The standard InChI is InChI=1S/C13H9Br3N2O2/c1-20-11-6-10(7(14)5-8(11)15)18-13(19)9-3-2-4-12(16)17-9/h2-6H,1H3,(H,18,19). The van der Waals surface area contributed by atoms with Gasteiger partial charge in [0.1, 0.15) is 16.0 Å². The van der Waals surface area contributed by atoms with Crippen molar-refractivity contribution in [2.75, 3.05) is 12.4 Å². The van der Waals surface area contributed by atoms with Gasteiger partial charge in [-0.2, -0.15) is 0 Å². The van der Waals surface area contributed by atoms with E-state index in [0.29, 0.717) is 21.7 Å². The van der Waals surface area contributed by atoms with E-state index in [1.165, 1.54) is 0 Å². The van der Waals surface area contributed by atoms with Gasteiger partial charge in [-0.3, -0.25) is 4.79 Å². The molecule has 4 nitrogen and oxygen atoms in total. The largest absolute Gasteiger partial charge is 0.495 e. The van der Waals surface area contributed by atoms with Crippen molar-refractivity contribution in [3.05, 3.63) is 49.6 Å². The topological polar surface area (TPSA) is 51.2 Å². The maximum atomic E-state index is 12.1. The number of nitrogens with one attached hydrogen (secondary N) is 1. The second-order valence-electron chi connectivity index (χ2n) is 3.77. The van der Waals surface area contributed by atoms with Crippen LogP contribution in [0.25, 0.3) is 0 Å². The fourth-order valence-corrected chi connectivity index (χ4v) is 3.10. The van der Waals surface area contributed by atoms with Crippen LogP contribution < -0.4 is 10.1 Å². The predicted molar refractivity (Wildman–Crippen MR) is 88.3 cm³/mol. The van der Waals surface area contributed by atoms with Crippen LogP contribution in [0.1, 0.15) is 10.5 Å². The van der Waals surface area contributed by atoms with Gasteiger partial charge < -0.3 is 10.1 Å². The van der Waals surface area contributed by atoms with E-state index in [9.17, 15) is 4.79 Å². The summed E-state index contributed by atoms with van der Waals surface area (Å²) < 4.78 is 7.35. The number of methoxy groups -OCH3 is 1. The molecule has 1 aromatic heterocycles. The molecule has 0 unspecified atom stereocenters. The van der Waals surface area contributed by atoms with Gasteiger partial charge in [0.05, 0.1) is 17.3 Å². The molecule has 1 aromatic carbocycles. The molecule has 0 fully saturated rings. The fraction of sp³-hybridized carbons (Fsp3) is 0.0769. The average Bonchev–Trinajstić information content (AvgIpc) is 2.41. The van der Waals surface area contributed by atoms with Gasteiger partial charge in [-0.1, -0.05) is 6.07 Å². The molecule has 0 saturated heterocycles. The molecule has 2 aromatic rings. The number of aromatic nitrogens is 1. The first kappa shape index (κ1) is 15.5. The number of nitrogens with zero attached hydrogens (tertiary/aromatic N) is 1. The molecule has 1 N–H and O–H groups in total. The molecule has 1 heterocycles. The van der Waals surface area contributed by atoms with Crippen molar-refractivity contribution >= 4 is 59.4 Å². The van der Waals surface area contributed by atoms with E-state index < -0.39 is 0 Å². The highest BCUT2D eigenvalue weighted by molar-refractivity contribution is 9.11. The molecule has 0 atom stereocenters. The van der Waals surface area contributed by atoms with Crippen LogP contribution in [0.15, 0.2) is 43.9 Å². The molecule has 1 amide bonds. The van der Waals surface area contributed by atoms with Crippen LogP contribution >= 0.6 is 47.8 Å². The van der Waals surface area contributed by atoms with E-state index in [1.807, 2.05) is 6.07 Å². The lowest BCUT2D eigenvalue weighted by Crippen LogP contribution is -2.14. The van der Waals surface area contributed by atoms with E-state index in [0.717, 1.165) is 8.95 Å². The third-order valence-corrected chi connectivity index (χ3v) is 4.15. The van der Waals surface area contributed by atoms with Crippen molar-refractivity contribution in [1.82, 2.24) is 4.98 Å². The SMILES string of the molecule is COc1cc(NC(=O)c2cccc(Br)n2)c(Br)cc1Br. The monoisotopic (exact) mass is 462 g/mol. The van der Waals surface area contributed by atoms with E-state index in [2.05, 4.69) is 58.1 Å². The second-order valence-corrected chi connectivity index (χ2v) is 6.29. The van der Waals surface area contributed by atoms with Gasteiger partial charge >= 0.3 is 0 Å². The summed E-state index contributed by atoms with van der Waals surface area (Å²) >= 11 is 10.0. The average molecular weight is 465 g/mol. The number of benzene rings is 1. The molecule has 0 spiro atoms. The maximum absolute atomic E-state index is 12.1. The number of halogens is 3. The second kappa shape index (κ2) is 6.69. The summed E-state index contributed by atoms with van der Waals surface area (Å²) in [7, 11) is 1.56. The van der Waals surface area contributed by atoms with Gasteiger partial charge in [0.15, 0.2) is 0 Å². The molecule has 0 saturated carbocycles. The number of rotatable bonds is 3. The zero-order chi connectivity index (χ0) is 14.7. The lowest BCUT2D eigenvalue weighted by Gasteiger charge is -2.10. The summed E-state index contributed by atoms with van der Waals surface area (Å²) in [5.74, 6) is 0.335. The molecule has 0 aliphatic rings. The van der Waals surface area contributed by atoms with Crippen LogP contribution in [0.5, 0.6) is 5.75 Å². The molecule has 20 heavy (non-hydrogen) atoms. The number of hydrogen-bond donors (Lipinski definition) is 1. The van der Waals surface area contributed by atoms with Crippen LogP contribution in [-0.2, 0) is 0 Å². The minimum atomic E-state index is -0.295. The van der Waals surface area contributed by atoms with E-state index in [-0.39, 0.29) is 5.91 Å². The Morgan fingerprint density at radius 1 is 1.20 bits per heavy atom. The third kappa shape index (κ3) is 3.59. The first-order valence-electron chi connectivity index (χ1n) is 5.48. The number of carbonyl (C=O) groups is 1. The van der Waals surface area contributed by atoms with Crippen molar-refractivity contribution in [3.8, 4) is 5.75 Å². The molecule has 0 aliphatic carbocycles. The van der Waals surface area contributed by atoms with Gasteiger partial charge in [-0.15, -0.1) is 0 Å². The van der Waals surface area contributed by atoms with Crippen LogP contribution in [0, 0.1) is 0 Å². The lowest BCUT2D eigenvalue weighted by molar-refractivity contribution is 0.102. The van der Waals surface area contributed by atoms with E-state index >= 15 is 0 Å². The summed E-state index contributed by atoms with van der Waals surface area (Å²) in [6.07, 6.45) is 0. The number of ether oxygens (including phenoxy) is 1. The molecule has 104 valence electrons. The molecule has 0 bridgehead atoms. The van der Waals surface area contributed by atoms with Crippen LogP contribution in [0.2, 0.25) is 0 Å². The van der Waals surface area contributed by atoms with Gasteiger partial charge in [-0.05, 0) is 66.0 Å². The first-order valence-corrected chi connectivity index (χ1v) is 7.86. The summed E-state index contributed by atoms with van der Waals surface area (Å²) in [6, 6.07) is 8.69. The van der Waals surface area contributed by atoms with Gasteiger partial charge in [0, 0.05) is 10.5 Å². The Labute approximate surface area is 141 Å². The molecule has 0 radical (unpaired) electrons. The Bertz CT molecular complexity index is 662. The summed E-state index contributed by atoms with van der Waals surface area (Å²) in [5.41, 5.74) is 0.935. The normalized spacial score (nSPS) is 10.2. The summed E-state index contributed by atoms with van der Waals surface area (Å²) in [4.78, 5) is 16.2. The van der Waals surface area contributed by atoms with Gasteiger partial charge in [0.2, 0.25) is 0 Å². The van der Waals surface area contributed by atoms with Crippen LogP contribution in [-0.4, -0.2) is 18.0 Å². The predicted octanol–water partition coefficient (Wildman–Crippen LogP) is 4.63. The number of pyridine rings is 1. The Hall–Kier alpha value is -0.920. The third-order valence-electron chi connectivity index (χ3n) is 2.44. The Kier molecular flexibility index (Phi) is 5.17. The zero-order valence-electron chi connectivity index (χ0n) is 10.3. The molecule has 0 aliphatic heterocycles. The zero-order valence-corrected chi connectivity index (χ0v) is 15.0. The summed E-state index contributed by atoms with van der Waals surface area (Å²) in [5, 5.41) is 2.79. The van der Waals surface area contributed by atoms with Crippen molar-refractivity contribution in [3.63, 3.8) is 0 Å². The Morgan fingerprint density at radius 2 is 1.95 bits per heavy atom. The smallest absolute Gasteiger partial charge is 0.274 e. The van der Waals surface area contributed by atoms with Crippen LogP contribution in [0.3, 0.4) is 0 Å². The maximum Gasteiger partial charge on any atom is 0.274 e.